The van der Waals surface area contributed by atoms with Crippen LogP contribution < -0.4 is 0 Å². The van der Waals surface area contributed by atoms with Gasteiger partial charge in [0.1, 0.15) is 0 Å². The molecule has 2 rings (SSSR count). The minimum atomic E-state index is 0.272. The minimum absolute atomic E-state index is 0.272. The van der Waals surface area contributed by atoms with Crippen LogP contribution in [0.2, 0.25) is 0 Å². The highest BCUT2D eigenvalue weighted by atomic mass is 35.5. The average Bonchev–Trinajstić information content (AvgIpc) is 2.70. The third kappa shape index (κ3) is 2.17. The van der Waals surface area contributed by atoms with Gasteiger partial charge in [0.15, 0.2) is 0 Å². The van der Waals surface area contributed by atoms with Crippen LogP contribution in [0.3, 0.4) is 0 Å². The molecule has 2 aliphatic heterocycles. The van der Waals surface area contributed by atoms with Crippen molar-refractivity contribution in [3.8, 4) is 0 Å². The second kappa shape index (κ2) is 4.63. The SMILES string of the molecule is ClCC1CCCOC1C1CCCO1. The van der Waals surface area contributed by atoms with E-state index in [4.69, 9.17) is 21.1 Å². The first-order chi connectivity index (χ1) is 6.42. The number of alkyl halides is 1. The molecule has 0 bridgehead atoms. The van der Waals surface area contributed by atoms with E-state index in [1.165, 1.54) is 12.8 Å². The first-order valence-electron chi connectivity index (χ1n) is 5.21. The zero-order valence-electron chi connectivity index (χ0n) is 7.88. The Morgan fingerprint density at radius 3 is 2.54 bits per heavy atom. The van der Waals surface area contributed by atoms with Crippen molar-refractivity contribution in [2.45, 2.75) is 37.9 Å². The summed E-state index contributed by atoms with van der Waals surface area (Å²) in [5.74, 6) is 1.23. The maximum Gasteiger partial charge on any atom is 0.0876 e. The van der Waals surface area contributed by atoms with Gasteiger partial charge in [-0.2, -0.15) is 0 Å². The summed E-state index contributed by atoms with van der Waals surface area (Å²) in [6.45, 7) is 1.79. The Labute approximate surface area is 84.5 Å². The molecule has 2 aliphatic rings. The Morgan fingerprint density at radius 2 is 1.85 bits per heavy atom. The van der Waals surface area contributed by atoms with Crippen molar-refractivity contribution < 1.29 is 9.47 Å². The molecule has 0 saturated carbocycles. The average molecular weight is 205 g/mol. The van der Waals surface area contributed by atoms with E-state index in [2.05, 4.69) is 0 Å². The van der Waals surface area contributed by atoms with Gasteiger partial charge in [-0.05, 0) is 25.7 Å². The van der Waals surface area contributed by atoms with Crippen LogP contribution in [0.4, 0.5) is 0 Å². The van der Waals surface area contributed by atoms with Crippen LogP contribution in [-0.2, 0) is 9.47 Å². The van der Waals surface area contributed by atoms with Crippen LogP contribution in [0, 0.1) is 5.92 Å². The lowest BCUT2D eigenvalue weighted by atomic mass is 9.91. The summed E-state index contributed by atoms with van der Waals surface area (Å²) < 4.78 is 11.4. The molecule has 2 nitrogen and oxygen atoms in total. The van der Waals surface area contributed by atoms with Gasteiger partial charge in [0.2, 0.25) is 0 Å². The zero-order valence-corrected chi connectivity index (χ0v) is 8.63. The highest BCUT2D eigenvalue weighted by Crippen LogP contribution is 2.29. The maximum atomic E-state index is 5.92. The third-order valence-electron chi connectivity index (χ3n) is 3.02. The fraction of sp³-hybridized carbons (Fsp3) is 1.00. The molecular formula is C10H17ClO2. The standard InChI is InChI=1S/C10H17ClO2/c11-7-8-3-1-6-13-10(8)9-4-2-5-12-9/h8-10H,1-7H2. The number of rotatable bonds is 2. The molecule has 3 atom stereocenters. The topological polar surface area (TPSA) is 18.5 Å². The maximum absolute atomic E-state index is 5.92. The quantitative estimate of drug-likeness (QED) is 0.643. The molecule has 0 aromatic carbocycles. The molecule has 0 aromatic heterocycles. The molecule has 2 heterocycles. The van der Waals surface area contributed by atoms with E-state index in [-0.39, 0.29) is 6.10 Å². The van der Waals surface area contributed by atoms with Gasteiger partial charge < -0.3 is 9.47 Å². The summed E-state index contributed by atoms with van der Waals surface area (Å²) in [7, 11) is 0. The van der Waals surface area contributed by atoms with Gasteiger partial charge in [0, 0.05) is 25.0 Å². The fourth-order valence-electron chi connectivity index (χ4n) is 2.30. The van der Waals surface area contributed by atoms with Crippen molar-refractivity contribution in [1.29, 1.82) is 0 Å². The Hall–Kier alpha value is 0.210. The normalized spacial score (nSPS) is 40.8. The summed E-state index contributed by atoms with van der Waals surface area (Å²) in [5.41, 5.74) is 0. The lowest BCUT2D eigenvalue weighted by Gasteiger charge is -2.33. The van der Waals surface area contributed by atoms with Gasteiger partial charge in [-0.1, -0.05) is 0 Å². The van der Waals surface area contributed by atoms with Crippen molar-refractivity contribution in [3.05, 3.63) is 0 Å². The van der Waals surface area contributed by atoms with Crippen molar-refractivity contribution in [3.63, 3.8) is 0 Å². The fourth-order valence-corrected chi connectivity index (χ4v) is 2.63. The summed E-state index contributed by atoms with van der Waals surface area (Å²) in [4.78, 5) is 0. The van der Waals surface area contributed by atoms with Crippen molar-refractivity contribution in [2.24, 2.45) is 5.92 Å². The molecule has 0 spiro atoms. The molecule has 0 radical (unpaired) electrons. The smallest absolute Gasteiger partial charge is 0.0876 e. The first-order valence-corrected chi connectivity index (χ1v) is 5.74. The lowest BCUT2D eigenvalue weighted by molar-refractivity contribution is -0.0954. The van der Waals surface area contributed by atoms with E-state index < -0.39 is 0 Å². The van der Waals surface area contributed by atoms with Crippen LogP contribution in [0.25, 0.3) is 0 Å². The number of halogens is 1. The van der Waals surface area contributed by atoms with E-state index in [0.717, 1.165) is 26.1 Å². The summed E-state index contributed by atoms with van der Waals surface area (Å²) in [6, 6.07) is 0. The zero-order chi connectivity index (χ0) is 9.10. The second-order valence-electron chi connectivity index (χ2n) is 3.94. The molecule has 0 amide bonds. The van der Waals surface area contributed by atoms with E-state index >= 15 is 0 Å². The molecular weight excluding hydrogens is 188 g/mol. The largest absolute Gasteiger partial charge is 0.376 e. The van der Waals surface area contributed by atoms with Crippen molar-refractivity contribution in [2.75, 3.05) is 19.1 Å². The molecule has 3 heteroatoms. The van der Waals surface area contributed by atoms with Crippen LogP contribution >= 0.6 is 11.6 Å². The van der Waals surface area contributed by atoms with E-state index in [1.54, 1.807) is 0 Å². The molecule has 76 valence electrons. The van der Waals surface area contributed by atoms with Crippen molar-refractivity contribution in [1.82, 2.24) is 0 Å². The number of ether oxygens (including phenoxy) is 2. The summed E-state index contributed by atoms with van der Waals surface area (Å²) in [6.07, 6.45) is 5.28. The predicted octanol–water partition coefficient (Wildman–Crippen LogP) is 2.20. The molecule has 3 unspecified atom stereocenters. The monoisotopic (exact) mass is 204 g/mol. The molecule has 2 saturated heterocycles. The van der Waals surface area contributed by atoms with Gasteiger partial charge in [-0.25, -0.2) is 0 Å². The molecule has 2 fully saturated rings. The van der Waals surface area contributed by atoms with Gasteiger partial charge in [-0.3, -0.25) is 0 Å². The van der Waals surface area contributed by atoms with E-state index in [9.17, 15) is 0 Å². The summed E-state index contributed by atoms with van der Waals surface area (Å²) >= 11 is 5.92. The lowest BCUT2D eigenvalue weighted by Crippen LogP contribution is -2.40. The molecule has 13 heavy (non-hydrogen) atoms. The minimum Gasteiger partial charge on any atom is -0.376 e. The molecule has 0 N–H and O–H groups in total. The van der Waals surface area contributed by atoms with Crippen LogP contribution in [0.5, 0.6) is 0 Å². The van der Waals surface area contributed by atoms with Gasteiger partial charge in [0.05, 0.1) is 12.2 Å². The van der Waals surface area contributed by atoms with Crippen LogP contribution in [0.1, 0.15) is 25.7 Å². The second-order valence-corrected chi connectivity index (χ2v) is 4.25. The highest BCUT2D eigenvalue weighted by Gasteiger charge is 2.34. The van der Waals surface area contributed by atoms with E-state index in [0.29, 0.717) is 17.9 Å². The van der Waals surface area contributed by atoms with Gasteiger partial charge in [-0.15, -0.1) is 11.6 Å². The summed E-state index contributed by atoms with van der Waals surface area (Å²) in [5, 5.41) is 0. The van der Waals surface area contributed by atoms with Gasteiger partial charge >= 0.3 is 0 Å². The third-order valence-corrected chi connectivity index (χ3v) is 3.42. The number of hydrogen-bond donors (Lipinski definition) is 0. The Morgan fingerprint density at radius 1 is 1.08 bits per heavy atom. The van der Waals surface area contributed by atoms with Crippen LogP contribution in [-0.4, -0.2) is 31.3 Å². The Balaban J connectivity index is 1.93. The van der Waals surface area contributed by atoms with E-state index in [1.807, 2.05) is 0 Å². The predicted molar refractivity (Wildman–Crippen MR) is 52.2 cm³/mol. The highest BCUT2D eigenvalue weighted by molar-refractivity contribution is 6.18. The Kier molecular flexibility index (Phi) is 3.47. The van der Waals surface area contributed by atoms with Crippen LogP contribution in [0.15, 0.2) is 0 Å². The number of hydrogen-bond acceptors (Lipinski definition) is 2. The van der Waals surface area contributed by atoms with Gasteiger partial charge in [0.25, 0.3) is 0 Å². The molecule has 0 aromatic rings. The van der Waals surface area contributed by atoms with Crippen molar-refractivity contribution >= 4 is 11.6 Å². The molecule has 0 aliphatic carbocycles. The Bertz CT molecular complexity index is 155. The first kappa shape index (κ1) is 9.75.